The van der Waals surface area contributed by atoms with Crippen molar-refractivity contribution in [3.05, 3.63) is 47.5 Å². The molecule has 29 heavy (non-hydrogen) atoms. The van der Waals surface area contributed by atoms with E-state index in [4.69, 9.17) is 0 Å². The maximum atomic E-state index is 13.0. The van der Waals surface area contributed by atoms with Crippen molar-refractivity contribution in [1.82, 2.24) is 10.2 Å². The third-order valence-corrected chi connectivity index (χ3v) is 6.06. The fourth-order valence-electron chi connectivity index (χ4n) is 3.83. The van der Waals surface area contributed by atoms with E-state index in [1.54, 1.807) is 4.90 Å². The maximum absolute atomic E-state index is 13.0. The summed E-state index contributed by atoms with van der Waals surface area (Å²) < 4.78 is 0. The Morgan fingerprint density at radius 2 is 1.72 bits per heavy atom. The molecular formula is C25H40N2O2. The van der Waals surface area contributed by atoms with Gasteiger partial charge in [0.1, 0.15) is 0 Å². The van der Waals surface area contributed by atoms with Crippen LogP contribution in [0, 0.1) is 11.8 Å². The largest absolute Gasteiger partial charge is 0.347 e. The summed E-state index contributed by atoms with van der Waals surface area (Å²) in [6.07, 6.45) is 3.84. The monoisotopic (exact) mass is 400 g/mol. The second-order valence-corrected chi connectivity index (χ2v) is 8.87. The standard InChI is InChI=1S/C25H40N2O2/c1-9-19(5)16-22(18(3)4)27(8)23(28)17-26-24(29)21(10-2)25(6,7)20-14-12-11-13-15-20/h11-16,18,21-22H,9-10,17H2,1-8H3,(H,26,29)/b19-16+/t21-,22-/m1/s1. The Hall–Kier alpha value is -2.10. The van der Waals surface area contributed by atoms with Crippen molar-refractivity contribution in [2.75, 3.05) is 13.6 Å². The predicted molar refractivity (Wildman–Crippen MR) is 122 cm³/mol. The summed E-state index contributed by atoms with van der Waals surface area (Å²) in [5, 5.41) is 2.90. The first-order valence-corrected chi connectivity index (χ1v) is 10.8. The van der Waals surface area contributed by atoms with E-state index >= 15 is 0 Å². The second kappa shape index (κ2) is 11.2. The lowest BCUT2D eigenvalue weighted by atomic mass is 9.71. The Morgan fingerprint density at radius 1 is 1.14 bits per heavy atom. The Labute approximate surface area is 177 Å². The van der Waals surface area contributed by atoms with E-state index in [9.17, 15) is 9.59 Å². The number of nitrogens with zero attached hydrogens (tertiary/aromatic N) is 1. The van der Waals surface area contributed by atoms with Gasteiger partial charge >= 0.3 is 0 Å². The van der Waals surface area contributed by atoms with Gasteiger partial charge in [-0.3, -0.25) is 9.59 Å². The molecule has 0 aromatic heterocycles. The first-order valence-electron chi connectivity index (χ1n) is 10.8. The van der Waals surface area contributed by atoms with E-state index in [0.717, 1.165) is 12.0 Å². The van der Waals surface area contributed by atoms with Gasteiger partial charge in [0.25, 0.3) is 0 Å². The smallest absolute Gasteiger partial charge is 0.242 e. The van der Waals surface area contributed by atoms with Crippen LogP contribution in [0.25, 0.3) is 0 Å². The summed E-state index contributed by atoms with van der Waals surface area (Å²) in [5.41, 5.74) is 2.09. The van der Waals surface area contributed by atoms with Crippen molar-refractivity contribution < 1.29 is 9.59 Å². The van der Waals surface area contributed by atoms with Crippen molar-refractivity contribution >= 4 is 11.8 Å². The van der Waals surface area contributed by atoms with E-state index in [1.165, 1.54) is 5.57 Å². The Kier molecular flexibility index (Phi) is 9.61. The molecule has 0 aliphatic carbocycles. The number of amides is 2. The van der Waals surface area contributed by atoms with Crippen molar-refractivity contribution in [2.45, 2.75) is 72.8 Å². The minimum atomic E-state index is -0.309. The van der Waals surface area contributed by atoms with Crippen LogP contribution in [0.5, 0.6) is 0 Å². The number of likely N-dealkylation sites (N-methyl/N-ethyl adjacent to an activating group) is 1. The number of benzene rings is 1. The molecule has 1 N–H and O–H groups in total. The van der Waals surface area contributed by atoms with Gasteiger partial charge < -0.3 is 10.2 Å². The first kappa shape index (κ1) is 24.9. The lowest BCUT2D eigenvalue weighted by molar-refractivity contribution is -0.135. The summed E-state index contributed by atoms with van der Waals surface area (Å²) in [6.45, 7) is 14.7. The molecule has 4 heteroatoms. The van der Waals surface area contributed by atoms with Crippen LogP contribution in [0.15, 0.2) is 42.0 Å². The number of nitrogens with one attached hydrogen (secondary N) is 1. The molecule has 0 aliphatic rings. The fraction of sp³-hybridized carbons (Fsp3) is 0.600. The Morgan fingerprint density at radius 3 is 2.21 bits per heavy atom. The molecule has 0 bridgehead atoms. The molecule has 0 saturated carbocycles. The molecule has 0 aliphatic heterocycles. The average molecular weight is 401 g/mol. The highest BCUT2D eigenvalue weighted by atomic mass is 16.2. The highest BCUT2D eigenvalue weighted by Gasteiger charge is 2.35. The summed E-state index contributed by atoms with van der Waals surface area (Å²) >= 11 is 0. The average Bonchev–Trinajstić information content (AvgIpc) is 2.70. The predicted octanol–water partition coefficient (Wildman–Crippen LogP) is 4.95. The third kappa shape index (κ3) is 6.73. The molecule has 0 spiro atoms. The molecule has 0 radical (unpaired) electrons. The number of carbonyl (C=O) groups excluding carboxylic acids is 2. The van der Waals surface area contributed by atoms with Crippen molar-refractivity contribution in [3.8, 4) is 0 Å². The number of carbonyl (C=O) groups is 2. The van der Waals surface area contributed by atoms with Crippen LogP contribution in [-0.4, -0.2) is 36.3 Å². The molecule has 2 amide bonds. The zero-order valence-electron chi connectivity index (χ0n) is 19.6. The molecule has 0 saturated heterocycles. The van der Waals surface area contributed by atoms with Crippen LogP contribution < -0.4 is 5.32 Å². The highest BCUT2D eigenvalue weighted by molar-refractivity contribution is 5.86. The summed E-state index contributed by atoms with van der Waals surface area (Å²) in [7, 11) is 1.82. The van der Waals surface area contributed by atoms with Gasteiger partial charge in [-0.25, -0.2) is 0 Å². The molecule has 162 valence electrons. The minimum absolute atomic E-state index is 0.0267. The number of hydrogen-bond acceptors (Lipinski definition) is 2. The normalized spacial score (nSPS) is 14.4. The first-order chi connectivity index (χ1) is 13.6. The SMILES string of the molecule is CC/C(C)=C/[C@H](C(C)C)N(C)C(=O)CNC(=O)[C@@H](CC)C(C)(C)c1ccccc1. The Balaban J connectivity index is 2.84. The fourth-order valence-corrected chi connectivity index (χ4v) is 3.83. The lowest BCUT2D eigenvalue weighted by Gasteiger charge is -2.34. The summed E-state index contributed by atoms with van der Waals surface area (Å²) in [4.78, 5) is 27.5. The van der Waals surface area contributed by atoms with Gasteiger partial charge in [0.15, 0.2) is 0 Å². The van der Waals surface area contributed by atoms with Crippen LogP contribution in [0.2, 0.25) is 0 Å². The zero-order chi connectivity index (χ0) is 22.2. The van der Waals surface area contributed by atoms with Gasteiger partial charge in [0.2, 0.25) is 11.8 Å². The van der Waals surface area contributed by atoms with E-state index in [2.05, 4.69) is 65.1 Å². The summed E-state index contributed by atoms with van der Waals surface area (Å²) in [5.74, 6) is -0.0262. The zero-order valence-corrected chi connectivity index (χ0v) is 19.6. The van der Waals surface area contributed by atoms with E-state index in [-0.39, 0.29) is 35.7 Å². The van der Waals surface area contributed by atoms with Crippen molar-refractivity contribution in [1.29, 1.82) is 0 Å². The number of hydrogen-bond donors (Lipinski definition) is 1. The van der Waals surface area contributed by atoms with Crippen LogP contribution in [0.4, 0.5) is 0 Å². The lowest BCUT2D eigenvalue weighted by Crippen LogP contribution is -2.47. The molecular weight excluding hydrogens is 360 g/mol. The number of rotatable bonds is 10. The Bertz CT molecular complexity index is 692. The van der Waals surface area contributed by atoms with Crippen LogP contribution >= 0.6 is 0 Å². The van der Waals surface area contributed by atoms with E-state index in [1.807, 2.05) is 32.2 Å². The van der Waals surface area contributed by atoms with E-state index in [0.29, 0.717) is 12.3 Å². The molecule has 1 rings (SSSR count). The minimum Gasteiger partial charge on any atom is -0.347 e. The second-order valence-electron chi connectivity index (χ2n) is 8.87. The molecule has 4 nitrogen and oxygen atoms in total. The van der Waals surface area contributed by atoms with Crippen molar-refractivity contribution in [2.24, 2.45) is 11.8 Å². The van der Waals surface area contributed by atoms with E-state index < -0.39 is 0 Å². The molecule has 1 aromatic rings. The third-order valence-electron chi connectivity index (χ3n) is 6.06. The van der Waals surface area contributed by atoms with Gasteiger partial charge in [-0.2, -0.15) is 0 Å². The molecule has 0 heterocycles. The van der Waals surface area contributed by atoms with Gasteiger partial charge in [-0.1, -0.05) is 83.5 Å². The molecule has 0 unspecified atom stereocenters. The highest BCUT2D eigenvalue weighted by Crippen LogP contribution is 2.33. The van der Waals surface area contributed by atoms with Crippen LogP contribution in [-0.2, 0) is 15.0 Å². The maximum Gasteiger partial charge on any atom is 0.242 e. The molecule has 2 atom stereocenters. The van der Waals surface area contributed by atoms with Crippen molar-refractivity contribution in [3.63, 3.8) is 0 Å². The van der Waals surface area contributed by atoms with Gasteiger partial charge in [-0.15, -0.1) is 0 Å². The van der Waals surface area contributed by atoms with Gasteiger partial charge in [-0.05, 0) is 31.2 Å². The topological polar surface area (TPSA) is 49.4 Å². The molecule has 0 fully saturated rings. The summed E-state index contributed by atoms with van der Waals surface area (Å²) in [6, 6.07) is 10.1. The quantitative estimate of drug-likeness (QED) is 0.565. The molecule has 1 aromatic carbocycles. The number of allylic oxidation sites excluding steroid dienone is 1. The van der Waals surface area contributed by atoms with Gasteiger partial charge in [0.05, 0.1) is 12.6 Å². The van der Waals surface area contributed by atoms with Crippen LogP contribution in [0.3, 0.4) is 0 Å². The van der Waals surface area contributed by atoms with Crippen LogP contribution in [0.1, 0.15) is 66.9 Å². The van der Waals surface area contributed by atoms with Gasteiger partial charge in [0, 0.05) is 18.4 Å².